The number of hydrogen-bond acceptors (Lipinski definition) is 3. The van der Waals surface area contributed by atoms with E-state index < -0.39 is 5.60 Å². The van der Waals surface area contributed by atoms with E-state index >= 15 is 0 Å². The van der Waals surface area contributed by atoms with Crippen LogP contribution in [-0.2, 0) is 0 Å². The summed E-state index contributed by atoms with van der Waals surface area (Å²) in [4.78, 5) is 12.3. The van der Waals surface area contributed by atoms with Crippen molar-refractivity contribution >= 4 is 28.8 Å². The Kier molecular flexibility index (Phi) is 3.86. The lowest BCUT2D eigenvalue weighted by molar-refractivity contribution is 0.0662. The molecule has 0 saturated heterocycles. The van der Waals surface area contributed by atoms with Gasteiger partial charge in [0.15, 0.2) is 0 Å². The molecule has 2 rings (SSSR count). The Labute approximate surface area is 109 Å². The lowest BCUT2D eigenvalue weighted by Crippen LogP contribution is -2.42. The molecule has 1 aliphatic carbocycles. The van der Waals surface area contributed by atoms with Crippen molar-refractivity contribution in [1.82, 2.24) is 5.32 Å². The number of amides is 1. The molecule has 0 saturated carbocycles. The number of hydrogen-bond donors (Lipinski definition) is 2. The molecule has 0 aromatic carbocycles. The van der Waals surface area contributed by atoms with Crippen molar-refractivity contribution < 1.29 is 9.90 Å². The quantitative estimate of drug-likeness (QED) is 0.831. The summed E-state index contributed by atoms with van der Waals surface area (Å²) in [7, 11) is 0. The largest absolute Gasteiger partial charge is 0.384 e. The van der Waals surface area contributed by atoms with Crippen LogP contribution in [0.2, 0.25) is 4.34 Å². The van der Waals surface area contributed by atoms with E-state index in [9.17, 15) is 9.90 Å². The first-order valence-corrected chi connectivity index (χ1v) is 6.72. The summed E-state index contributed by atoms with van der Waals surface area (Å²) in [5, 5.41) is 12.9. The minimum absolute atomic E-state index is 0.186. The van der Waals surface area contributed by atoms with Crippen LogP contribution in [0.15, 0.2) is 24.3 Å². The molecule has 1 unspecified atom stereocenters. The molecular weight excluding hydrogens is 258 g/mol. The Morgan fingerprint density at radius 3 is 3.00 bits per heavy atom. The Bertz CT molecular complexity index is 443. The smallest absolute Gasteiger partial charge is 0.261 e. The zero-order valence-electron chi connectivity index (χ0n) is 9.28. The summed E-state index contributed by atoms with van der Waals surface area (Å²) in [5.41, 5.74) is -0.894. The molecule has 1 atom stereocenters. The van der Waals surface area contributed by atoms with Gasteiger partial charge >= 0.3 is 0 Å². The summed E-state index contributed by atoms with van der Waals surface area (Å²) in [6.07, 6.45) is 6.37. The van der Waals surface area contributed by atoms with Crippen molar-refractivity contribution in [2.75, 3.05) is 6.54 Å². The van der Waals surface area contributed by atoms with Gasteiger partial charge in [-0.3, -0.25) is 4.79 Å². The normalized spacial score (nSPS) is 23.6. The second-order valence-corrected chi connectivity index (χ2v) is 5.90. The van der Waals surface area contributed by atoms with Gasteiger partial charge in [-0.15, -0.1) is 11.3 Å². The summed E-state index contributed by atoms with van der Waals surface area (Å²) in [6, 6.07) is 3.37. The van der Waals surface area contributed by atoms with Crippen LogP contribution < -0.4 is 5.32 Å². The standard InChI is InChI=1S/C12H14ClNO2S/c13-10-5-4-9(17-10)11(15)14-8-12(16)6-2-1-3-7-12/h2,4-6,16H,1,3,7-8H2,(H,14,15). The monoisotopic (exact) mass is 271 g/mol. The highest BCUT2D eigenvalue weighted by atomic mass is 35.5. The van der Waals surface area contributed by atoms with Crippen molar-refractivity contribution in [3.05, 3.63) is 33.5 Å². The molecule has 5 heteroatoms. The molecule has 1 amide bonds. The molecule has 17 heavy (non-hydrogen) atoms. The van der Waals surface area contributed by atoms with E-state index in [1.54, 1.807) is 18.2 Å². The van der Waals surface area contributed by atoms with Crippen LogP contribution in [0.1, 0.15) is 28.9 Å². The minimum atomic E-state index is -0.894. The number of carbonyl (C=O) groups is 1. The first-order chi connectivity index (χ1) is 8.09. The van der Waals surface area contributed by atoms with Gasteiger partial charge in [0.2, 0.25) is 0 Å². The summed E-state index contributed by atoms with van der Waals surface area (Å²) < 4.78 is 0.589. The molecule has 0 spiro atoms. The van der Waals surface area contributed by atoms with Crippen LogP contribution in [0, 0.1) is 0 Å². The maximum atomic E-state index is 11.7. The van der Waals surface area contributed by atoms with Crippen molar-refractivity contribution in [3.8, 4) is 0 Å². The molecule has 1 aromatic rings. The molecule has 1 aliphatic rings. The highest BCUT2D eigenvalue weighted by Crippen LogP contribution is 2.23. The third-order valence-corrected chi connectivity index (χ3v) is 3.99. The van der Waals surface area contributed by atoms with Gasteiger partial charge in [0, 0.05) is 0 Å². The number of allylic oxidation sites excluding steroid dienone is 1. The molecule has 92 valence electrons. The predicted molar refractivity (Wildman–Crippen MR) is 69.6 cm³/mol. The number of nitrogens with one attached hydrogen (secondary N) is 1. The topological polar surface area (TPSA) is 49.3 Å². The fourth-order valence-corrected chi connectivity index (χ4v) is 2.78. The lowest BCUT2D eigenvalue weighted by atomic mass is 9.91. The van der Waals surface area contributed by atoms with Gasteiger partial charge in [-0.2, -0.15) is 0 Å². The molecular formula is C12H14ClNO2S. The predicted octanol–water partition coefficient (Wildman–Crippen LogP) is 2.60. The van der Waals surface area contributed by atoms with Crippen LogP contribution in [0.25, 0.3) is 0 Å². The van der Waals surface area contributed by atoms with Crippen LogP contribution >= 0.6 is 22.9 Å². The van der Waals surface area contributed by atoms with E-state index in [1.807, 2.05) is 6.08 Å². The zero-order valence-corrected chi connectivity index (χ0v) is 10.9. The molecule has 0 radical (unpaired) electrons. The van der Waals surface area contributed by atoms with Gasteiger partial charge < -0.3 is 10.4 Å². The van der Waals surface area contributed by atoms with Crippen LogP contribution in [-0.4, -0.2) is 23.2 Å². The van der Waals surface area contributed by atoms with Gasteiger partial charge in [-0.1, -0.05) is 23.8 Å². The van der Waals surface area contributed by atoms with E-state index in [0.717, 1.165) is 12.8 Å². The van der Waals surface area contributed by atoms with E-state index in [1.165, 1.54) is 11.3 Å². The first kappa shape index (κ1) is 12.6. The highest BCUT2D eigenvalue weighted by molar-refractivity contribution is 7.17. The number of thiophene rings is 1. The molecule has 0 aliphatic heterocycles. The SMILES string of the molecule is O=C(NCC1(O)C=CCCC1)c1ccc(Cl)s1. The molecule has 0 bridgehead atoms. The van der Waals surface area contributed by atoms with E-state index in [2.05, 4.69) is 5.32 Å². The van der Waals surface area contributed by atoms with Gasteiger partial charge in [0.25, 0.3) is 5.91 Å². The highest BCUT2D eigenvalue weighted by Gasteiger charge is 2.26. The number of rotatable bonds is 3. The maximum Gasteiger partial charge on any atom is 0.261 e. The lowest BCUT2D eigenvalue weighted by Gasteiger charge is -2.27. The van der Waals surface area contributed by atoms with Gasteiger partial charge in [0.05, 0.1) is 21.4 Å². The second kappa shape index (κ2) is 5.21. The van der Waals surface area contributed by atoms with E-state index in [-0.39, 0.29) is 12.5 Å². The summed E-state index contributed by atoms with van der Waals surface area (Å²) in [6.45, 7) is 0.248. The van der Waals surface area contributed by atoms with Crippen molar-refractivity contribution in [3.63, 3.8) is 0 Å². The number of carbonyl (C=O) groups excluding carboxylic acids is 1. The van der Waals surface area contributed by atoms with E-state index in [0.29, 0.717) is 15.6 Å². The third-order valence-electron chi connectivity index (χ3n) is 2.76. The van der Waals surface area contributed by atoms with Gasteiger partial charge in [-0.05, 0) is 31.4 Å². The Morgan fingerprint density at radius 1 is 1.59 bits per heavy atom. The van der Waals surface area contributed by atoms with Crippen molar-refractivity contribution in [2.24, 2.45) is 0 Å². The Balaban J connectivity index is 1.92. The van der Waals surface area contributed by atoms with Crippen molar-refractivity contribution in [2.45, 2.75) is 24.9 Å². The number of aliphatic hydroxyl groups is 1. The van der Waals surface area contributed by atoms with E-state index in [4.69, 9.17) is 11.6 Å². The maximum absolute atomic E-state index is 11.7. The minimum Gasteiger partial charge on any atom is -0.384 e. The number of halogens is 1. The van der Waals surface area contributed by atoms with Gasteiger partial charge in [-0.25, -0.2) is 0 Å². The second-order valence-electron chi connectivity index (χ2n) is 4.18. The molecule has 1 heterocycles. The Hall–Kier alpha value is -0.840. The fraction of sp³-hybridized carbons (Fsp3) is 0.417. The molecule has 2 N–H and O–H groups in total. The molecule has 1 aromatic heterocycles. The average Bonchev–Trinajstić information content (AvgIpc) is 2.74. The molecule has 3 nitrogen and oxygen atoms in total. The molecule has 0 fully saturated rings. The Morgan fingerprint density at radius 2 is 2.41 bits per heavy atom. The van der Waals surface area contributed by atoms with Crippen LogP contribution in [0.3, 0.4) is 0 Å². The zero-order chi connectivity index (χ0) is 12.3. The first-order valence-electron chi connectivity index (χ1n) is 5.53. The third kappa shape index (κ3) is 3.31. The van der Waals surface area contributed by atoms with Crippen LogP contribution in [0.5, 0.6) is 0 Å². The van der Waals surface area contributed by atoms with Gasteiger partial charge in [0.1, 0.15) is 0 Å². The summed E-state index contributed by atoms with van der Waals surface area (Å²) in [5.74, 6) is -0.186. The van der Waals surface area contributed by atoms with Crippen LogP contribution in [0.4, 0.5) is 0 Å². The van der Waals surface area contributed by atoms with Crippen molar-refractivity contribution in [1.29, 1.82) is 0 Å². The average molecular weight is 272 g/mol. The fourth-order valence-electron chi connectivity index (χ4n) is 1.82. The summed E-state index contributed by atoms with van der Waals surface area (Å²) >= 11 is 6.99.